The zero-order valence-electron chi connectivity index (χ0n) is 16.4. The molecule has 3 atom stereocenters. The molecule has 1 saturated carbocycles. The number of rotatable bonds is 5. The summed E-state index contributed by atoms with van der Waals surface area (Å²) >= 11 is 0. The van der Waals surface area contributed by atoms with Gasteiger partial charge in [0.25, 0.3) is 0 Å². The second-order valence-electron chi connectivity index (χ2n) is 8.21. The van der Waals surface area contributed by atoms with Crippen molar-refractivity contribution >= 4 is 11.8 Å². The Bertz CT molecular complexity index is 675. The van der Waals surface area contributed by atoms with Crippen LogP contribution in [-0.4, -0.2) is 66.9 Å². The molecule has 7 heteroatoms. The average molecular weight is 386 g/mol. The molecule has 4 rings (SSSR count). The number of hydrogen-bond donors (Lipinski definition) is 3. The number of hydrogen-bond acceptors (Lipinski definition) is 5. The lowest BCUT2D eigenvalue weighted by molar-refractivity contribution is -0.139. The Hall–Kier alpha value is -1.96. The molecule has 2 amide bonds. The fourth-order valence-electron chi connectivity index (χ4n) is 4.74. The van der Waals surface area contributed by atoms with Gasteiger partial charge in [-0.15, -0.1) is 0 Å². The molecule has 2 heterocycles. The van der Waals surface area contributed by atoms with Crippen LogP contribution in [0.15, 0.2) is 30.3 Å². The third kappa shape index (κ3) is 4.54. The molecule has 0 bridgehead atoms. The number of benzene rings is 1. The predicted molar refractivity (Wildman–Crippen MR) is 107 cm³/mol. The van der Waals surface area contributed by atoms with Crippen LogP contribution in [0.3, 0.4) is 0 Å². The quantitative estimate of drug-likeness (QED) is 0.682. The number of nitrogens with one attached hydrogen (secondary N) is 3. The molecule has 3 unspecified atom stereocenters. The van der Waals surface area contributed by atoms with Crippen molar-refractivity contribution in [2.45, 2.75) is 31.8 Å². The highest BCUT2D eigenvalue weighted by molar-refractivity contribution is 5.80. The summed E-state index contributed by atoms with van der Waals surface area (Å²) in [6.07, 6.45) is 3.33. The maximum atomic E-state index is 13.0. The number of fused-ring (bicyclic) bond motifs is 1. The topological polar surface area (TPSA) is 76.7 Å². The van der Waals surface area contributed by atoms with E-state index in [1.165, 1.54) is 6.42 Å². The van der Waals surface area contributed by atoms with Gasteiger partial charge in [-0.3, -0.25) is 25.3 Å². The molecule has 28 heavy (non-hydrogen) atoms. The van der Waals surface area contributed by atoms with Crippen molar-refractivity contribution in [3.8, 4) is 0 Å². The SMILES string of the molecule is O=C(CN1CCN(C(=O)C2CCCC3CNNC32)CC1)NCc1ccccc1. The van der Waals surface area contributed by atoms with Gasteiger partial charge in [0.05, 0.1) is 12.5 Å². The molecule has 7 nitrogen and oxygen atoms in total. The monoisotopic (exact) mass is 385 g/mol. The van der Waals surface area contributed by atoms with Crippen LogP contribution in [0, 0.1) is 11.8 Å². The van der Waals surface area contributed by atoms with Crippen molar-refractivity contribution in [1.29, 1.82) is 0 Å². The van der Waals surface area contributed by atoms with Crippen molar-refractivity contribution in [2.75, 3.05) is 39.3 Å². The van der Waals surface area contributed by atoms with Gasteiger partial charge in [0, 0.05) is 45.3 Å². The van der Waals surface area contributed by atoms with Crippen LogP contribution < -0.4 is 16.2 Å². The van der Waals surface area contributed by atoms with Crippen LogP contribution >= 0.6 is 0 Å². The molecule has 152 valence electrons. The molecule has 0 spiro atoms. The van der Waals surface area contributed by atoms with E-state index in [2.05, 4.69) is 21.1 Å². The van der Waals surface area contributed by atoms with Crippen LogP contribution in [0.1, 0.15) is 24.8 Å². The smallest absolute Gasteiger partial charge is 0.234 e. The molecular formula is C21H31N5O2. The minimum Gasteiger partial charge on any atom is -0.351 e. The maximum absolute atomic E-state index is 13.0. The molecular weight excluding hydrogens is 354 g/mol. The summed E-state index contributed by atoms with van der Waals surface area (Å²) in [6.45, 7) is 4.88. The fraction of sp³-hybridized carbons (Fsp3) is 0.619. The highest BCUT2D eigenvalue weighted by Crippen LogP contribution is 2.32. The normalized spacial score (nSPS) is 28.0. The number of carbonyl (C=O) groups excluding carboxylic acids is 2. The van der Waals surface area contributed by atoms with Crippen molar-refractivity contribution in [2.24, 2.45) is 11.8 Å². The molecule has 3 N–H and O–H groups in total. The van der Waals surface area contributed by atoms with E-state index in [9.17, 15) is 9.59 Å². The van der Waals surface area contributed by atoms with Gasteiger partial charge in [0.2, 0.25) is 11.8 Å². The summed E-state index contributed by atoms with van der Waals surface area (Å²) in [5.41, 5.74) is 7.66. The molecule has 0 aromatic heterocycles. The Morgan fingerprint density at radius 2 is 1.86 bits per heavy atom. The largest absolute Gasteiger partial charge is 0.351 e. The summed E-state index contributed by atoms with van der Waals surface area (Å²) in [6, 6.07) is 10.2. The zero-order valence-corrected chi connectivity index (χ0v) is 16.4. The molecule has 3 aliphatic rings. The summed E-state index contributed by atoms with van der Waals surface area (Å²) in [5.74, 6) is 1.01. The third-order valence-electron chi connectivity index (χ3n) is 6.37. The second-order valence-corrected chi connectivity index (χ2v) is 8.21. The van der Waals surface area contributed by atoms with E-state index >= 15 is 0 Å². The van der Waals surface area contributed by atoms with Gasteiger partial charge in [-0.2, -0.15) is 0 Å². The Morgan fingerprint density at radius 3 is 2.64 bits per heavy atom. The van der Waals surface area contributed by atoms with Crippen LogP contribution in [-0.2, 0) is 16.1 Å². The number of hydrazine groups is 1. The van der Waals surface area contributed by atoms with E-state index in [0.29, 0.717) is 38.0 Å². The van der Waals surface area contributed by atoms with Crippen LogP contribution in [0.5, 0.6) is 0 Å². The molecule has 1 aromatic rings. The number of carbonyl (C=O) groups is 2. The highest BCUT2D eigenvalue weighted by Gasteiger charge is 2.42. The Labute approximate surface area is 166 Å². The van der Waals surface area contributed by atoms with Gasteiger partial charge >= 0.3 is 0 Å². The van der Waals surface area contributed by atoms with E-state index in [1.807, 2.05) is 35.2 Å². The van der Waals surface area contributed by atoms with Gasteiger partial charge in [-0.1, -0.05) is 36.8 Å². The Kier molecular flexibility index (Phi) is 6.24. The standard InChI is InChI=1S/C21H31N5O2/c27-19(22-13-16-5-2-1-3-6-16)15-25-9-11-26(12-10-25)21(28)18-8-4-7-17-14-23-24-20(17)18/h1-3,5-6,17-18,20,23-24H,4,7-15H2,(H,22,27). The highest BCUT2D eigenvalue weighted by atomic mass is 16.2. The molecule has 1 aromatic carbocycles. The van der Waals surface area contributed by atoms with Crippen molar-refractivity contribution in [3.05, 3.63) is 35.9 Å². The second kappa shape index (κ2) is 9.03. The van der Waals surface area contributed by atoms with Crippen molar-refractivity contribution < 1.29 is 9.59 Å². The van der Waals surface area contributed by atoms with E-state index in [-0.39, 0.29) is 17.9 Å². The van der Waals surface area contributed by atoms with Gasteiger partial charge in [-0.05, 0) is 24.3 Å². The first-order valence-corrected chi connectivity index (χ1v) is 10.5. The van der Waals surface area contributed by atoms with Crippen molar-refractivity contribution in [1.82, 2.24) is 26.0 Å². The van der Waals surface area contributed by atoms with Crippen LogP contribution in [0.2, 0.25) is 0 Å². The summed E-state index contributed by atoms with van der Waals surface area (Å²) in [4.78, 5) is 29.4. The lowest BCUT2D eigenvalue weighted by Crippen LogP contribution is -2.55. The van der Waals surface area contributed by atoms with Crippen molar-refractivity contribution in [3.63, 3.8) is 0 Å². The van der Waals surface area contributed by atoms with Gasteiger partial charge in [0.1, 0.15) is 0 Å². The third-order valence-corrected chi connectivity index (χ3v) is 6.37. The predicted octanol–water partition coefficient (Wildman–Crippen LogP) is 0.340. The van der Waals surface area contributed by atoms with E-state index < -0.39 is 0 Å². The lowest BCUT2D eigenvalue weighted by Gasteiger charge is -2.39. The Morgan fingerprint density at radius 1 is 1.07 bits per heavy atom. The minimum atomic E-state index is 0.0416. The first-order valence-electron chi connectivity index (χ1n) is 10.5. The van der Waals surface area contributed by atoms with Gasteiger partial charge < -0.3 is 10.2 Å². The zero-order chi connectivity index (χ0) is 19.3. The van der Waals surface area contributed by atoms with Gasteiger partial charge in [0.15, 0.2) is 0 Å². The first-order chi connectivity index (χ1) is 13.7. The maximum Gasteiger partial charge on any atom is 0.234 e. The fourth-order valence-corrected chi connectivity index (χ4v) is 4.74. The molecule has 2 saturated heterocycles. The lowest BCUT2D eigenvalue weighted by atomic mass is 9.77. The van der Waals surface area contributed by atoms with E-state index in [1.54, 1.807) is 0 Å². The van der Waals surface area contributed by atoms with Crippen LogP contribution in [0.4, 0.5) is 0 Å². The molecule has 0 radical (unpaired) electrons. The Balaban J connectivity index is 1.21. The minimum absolute atomic E-state index is 0.0416. The summed E-state index contributed by atoms with van der Waals surface area (Å²) in [5, 5.41) is 2.98. The number of amides is 2. The summed E-state index contributed by atoms with van der Waals surface area (Å²) < 4.78 is 0. The molecule has 3 fully saturated rings. The summed E-state index contributed by atoms with van der Waals surface area (Å²) in [7, 11) is 0. The van der Waals surface area contributed by atoms with Crippen LogP contribution in [0.25, 0.3) is 0 Å². The van der Waals surface area contributed by atoms with Gasteiger partial charge in [-0.25, -0.2) is 0 Å². The number of piperazine rings is 1. The number of nitrogens with zero attached hydrogens (tertiary/aromatic N) is 2. The average Bonchev–Trinajstić information content (AvgIpc) is 3.22. The first kappa shape index (κ1) is 19.4. The molecule has 1 aliphatic carbocycles. The van der Waals surface area contributed by atoms with E-state index in [4.69, 9.17) is 0 Å². The van der Waals surface area contributed by atoms with E-state index in [0.717, 1.165) is 38.0 Å². The molecule has 2 aliphatic heterocycles.